The predicted octanol–water partition coefficient (Wildman–Crippen LogP) is 3.21. The van der Waals surface area contributed by atoms with Crippen molar-refractivity contribution in [1.82, 2.24) is 0 Å². The molecule has 0 spiro atoms. The lowest BCUT2D eigenvalue weighted by atomic mass is 9.82. The minimum absolute atomic E-state index is 0.0207. The summed E-state index contributed by atoms with van der Waals surface area (Å²) in [4.78, 5) is 0. The Hall–Kier alpha value is -1.15. The Bertz CT molecular complexity index is 361. The van der Waals surface area contributed by atoms with Crippen LogP contribution in [0.25, 0.3) is 5.57 Å². The number of benzene rings is 1. The molecule has 0 radical (unpaired) electrons. The van der Waals surface area contributed by atoms with Crippen molar-refractivity contribution in [3.63, 3.8) is 0 Å². The van der Waals surface area contributed by atoms with Crippen molar-refractivity contribution in [1.29, 1.82) is 0 Å². The summed E-state index contributed by atoms with van der Waals surface area (Å²) in [5.74, 6) is -0.209. The summed E-state index contributed by atoms with van der Waals surface area (Å²) >= 11 is 0. The minimum Gasteiger partial charge on any atom is -0.327 e. The number of hydrogen-bond donors (Lipinski definition) is 1. The molecule has 0 aliphatic carbocycles. The average molecular weight is 207 g/mol. The molecule has 0 heterocycles. The van der Waals surface area contributed by atoms with Gasteiger partial charge in [-0.2, -0.15) is 0 Å². The molecular formula is C13H18FN. The third-order valence-electron chi connectivity index (χ3n) is 2.27. The van der Waals surface area contributed by atoms with E-state index in [2.05, 4.69) is 20.8 Å². The van der Waals surface area contributed by atoms with Crippen molar-refractivity contribution < 1.29 is 4.39 Å². The molecule has 1 aromatic carbocycles. The average Bonchev–Trinajstić information content (AvgIpc) is 2.12. The van der Waals surface area contributed by atoms with Gasteiger partial charge in [0.25, 0.3) is 0 Å². The van der Waals surface area contributed by atoms with Crippen molar-refractivity contribution in [3.05, 3.63) is 41.7 Å². The molecule has 0 amide bonds. The van der Waals surface area contributed by atoms with E-state index in [1.54, 1.807) is 12.1 Å². The lowest BCUT2D eigenvalue weighted by Gasteiger charge is -2.23. The van der Waals surface area contributed by atoms with Crippen LogP contribution in [0.3, 0.4) is 0 Å². The number of nitrogens with two attached hydrogens (primary N) is 1. The van der Waals surface area contributed by atoms with E-state index in [0.717, 1.165) is 11.1 Å². The van der Waals surface area contributed by atoms with E-state index >= 15 is 0 Å². The second kappa shape index (κ2) is 4.58. The first kappa shape index (κ1) is 11.9. The molecule has 0 aliphatic rings. The van der Waals surface area contributed by atoms with Crippen LogP contribution in [-0.2, 0) is 0 Å². The number of halogens is 1. The smallest absolute Gasteiger partial charge is 0.123 e. The van der Waals surface area contributed by atoms with Gasteiger partial charge in [0.15, 0.2) is 0 Å². The second-order valence-corrected chi connectivity index (χ2v) is 4.61. The molecular weight excluding hydrogens is 189 g/mol. The predicted molar refractivity (Wildman–Crippen MR) is 62.9 cm³/mol. The highest BCUT2D eigenvalue weighted by Gasteiger charge is 2.18. The van der Waals surface area contributed by atoms with E-state index in [4.69, 9.17) is 5.73 Å². The van der Waals surface area contributed by atoms with Gasteiger partial charge in [-0.1, -0.05) is 39.0 Å². The van der Waals surface area contributed by atoms with Crippen LogP contribution in [0.1, 0.15) is 26.3 Å². The van der Waals surface area contributed by atoms with E-state index < -0.39 is 0 Å². The van der Waals surface area contributed by atoms with Crippen LogP contribution in [0.15, 0.2) is 30.3 Å². The quantitative estimate of drug-likeness (QED) is 0.791. The van der Waals surface area contributed by atoms with Crippen LogP contribution in [0.4, 0.5) is 4.39 Å². The summed E-state index contributed by atoms with van der Waals surface area (Å²) in [7, 11) is 0. The van der Waals surface area contributed by atoms with Crippen molar-refractivity contribution in [3.8, 4) is 0 Å². The van der Waals surface area contributed by atoms with Gasteiger partial charge >= 0.3 is 0 Å². The Labute approximate surface area is 90.8 Å². The van der Waals surface area contributed by atoms with E-state index in [0.29, 0.717) is 6.54 Å². The van der Waals surface area contributed by atoms with Crippen molar-refractivity contribution in [2.45, 2.75) is 20.8 Å². The Morgan fingerprint density at radius 2 is 2.07 bits per heavy atom. The van der Waals surface area contributed by atoms with E-state index in [1.165, 1.54) is 6.07 Å². The van der Waals surface area contributed by atoms with Crippen LogP contribution >= 0.6 is 0 Å². The van der Waals surface area contributed by atoms with E-state index in [9.17, 15) is 4.39 Å². The summed E-state index contributed by atoms with van der Waals surface area (Å²) in [6, 6.07) is 6.63. The molecule has 1 aromatic rings. The molecule has 0 saturated heterocycles. The van der Waals surface area contributed by atoms with Crippen LogP contribution in [-0.4, -0.2) is 6.54 Å². The Balaban J connectivity index is 3.17. The second-order valence-electron chi connectivity index (χ2n) is 4.61. The molecule has 0 fully saturated rings. The Morgan fingerprint density at radius 1 is 1.40 bits per heavy atom. The molecule has 2 N–H and O–H groups in total. The monoisotopic (exact) mass is 207 g/mol. The number of rotatable bonds is 2. The summed E-state index contributed by atoms with van der Waals surface area (Å²) in [5, 5.41) is 0. The van der Waals surface area contributed by atoms with Gasteiger partial charge in [0.05, 0.1) is 0 Å². The normalized spacial score (nSPS) is 13.0. The highest BCUT2D eigenvalue weighted by molar-refractivity contribution is 5.69. The first-order valence-electron chi connectivity index (χ1n) is 5.12. The summed E-state index contributed by atoms with van der Waals surface area (Å²) < 4.78 is 13.1. The van der Waals surface area contributed by atoms with Gasteiger partial charge in [0.1, 0.15) is 5.82 Å². The van der Waals surface area contributed by atoms with Crippen molar-refractivity contribution in [2.24, 2.45) is 11.1 Å². The Morgan fingerprint density at radius 3 is 2.53 bits per heavy atom. The largest absolute Gasteiger partial charge is 0.327 e. The van der Waals surface area contributed by atoms with Gasteiger partial charge in [-0.3, -0.25) is 0 Å². The molecule has 1 nitrogen and oxygen atoms in total. The van der Waals surface area contributed by atoms with Crippen LogP contribution in [0.2, 0.25) is 0 Å². The zero-order valence-electron chi connectivity index (χ0n) is 9.55. The first-order chi connectivity index (χ1) is 6.95. The van der Waals surface area contributed by atoms with Crippen LogP contribution < -0.4 is 5.73 Å². The van der Waals surface area contributed by atoms with Gasteiger partial charge < -0.3 is 5.73 Å². The molecule has 0 aromatic heterocycles. The van der Waals surface area contributed by atoms with Gasteiger partial charge in [0, 0.05) is 6.54 Å². The maximum absolute atomic E-state index is 13.1. The number of hydrogen-bond acceptors (Lipinski definition) is 1. The van der Waals surface area contributed by atoms with Gasteiger partial charge in [-0.05, 0) is 28.7 Å². The van der Waals surface area contributed by atoms with E-state index in [1.807, 2.05) is 12.1 Å². The fourth-order valence-electron chi connectivity index (χ4n) is 1.63. The molecule has 1 rings (SSSR count). The molecule has 0 aliphatic heterocycles. The third-order valence-corrected chi connectivity index (χ3v) is 2.27. The van der Waals surface area contributed by atoms with E-state index in [-0.39, 0.29) is 11.2 Å². The molecule has 2 heteroatoms. The molecule has 0 saturated carbocycles. The zero-order chi connectivity index (χ0) is 11.5. The van der Waals surface area contributed by atoms with Gasteiger partial charge in [-0.25, -0.2) is 4.39 Å². The molecule has 82 valence electrons. The zero-order valence-corrected chi connectivity index (χ0v) is 9.55. The minimum atomic E-state index is -0.209. The topological polar surface area (TPSA) is 26.0 Å². The van der Waals surface area contributed by atoms with Crippen LogP contribution in [0.5, 0.6) is 0 Å². The van der Waals surface area contributed by atoms with Crippen LogP contribution in [0, 0.1) is 11.2 Å². The first-order valence-corrected chi connectivity index (χ1v) is 5.12. The molecule has 0 bridgehead atoms. The lowest BCUT2D eigenvalue weighted by molar-refractivity contribution is 0.564. The standard InChI is InChI=1S/C13H18FN/c1-13(2,3)12(7-8-15)10-5-4-6-11(14)9-10/h4-7,9H,8,15H2,1-3H3/b12-7+. The fourth-order valence-corrected chi connectivity index (χ4v) is 1.63. The maximum atomic E-state index is 13.1. The summed E-state index contributed by atoms with van der Waals surface area (Å²) in [6.45, 7) is 6.77. The highest BCUT2D eigenvalue weighted by Crippen LogP contribution is 2.33. The highest BCUT2D eigenvalue weighted by atomic mass is 19.1. The number of allylic oxidation sites excluding steroid dienone is 1. The fraction of sp³-hybridized carbons (Fsp3) is 0.385. The third kappa shape index (κ3) is 3.17. The van der Waals surface area contributed by atoms with Gasteiger partial charge in [-0.15, -0.1) is 0 Å². The van der Waals surface area contributed by atoms with Gasteiger partial charge in [0.2, 0.25) is 0 Å². The Kier molecular flexibility index (Phi) is 3.64. The SMILES string of the molecule is CC(C)(C)/C(=C/CN)c1cccc(F)c1. The van der Waals surface area contributed by atoms with Crippen molar-refractivity contribution in [2.75, 3.05) is 6.54 Å². The summed E-state index contributed by atoms with van der Waals surface area (Å²) in [6.07, 6.45) is 1.95. The van der Waals surface area contributed by atoms with Crippen molar-refractivity contribution >= 4 is 5.57 Å². The molecule has 15 heavy (non-hydrogen) atoms. The summed E-state index contributed by atoms with van der Waals surface area (Å²) in [5.41, 5.74) is 7.51. The maximum Gasteiger partial charge on any atom is 0.123 e. The molecule has 0 unspecified atom stereocenters. The molecule has 0 atom stereocenters. The lowest BCUT2D eigenvalue weighted by Crippen LogP contribution is -2.10.